The second-order valence-electron chi connectivity index (χ2n) is 4.60. The van der Waals surface area contributed by atoms with Crippen LogP contribution in [0.5, 0.6) is 0 Å². The largest absolute Gasteiger partial charge is 0.357 e. The summed E-state index contributed by atoms with van der Waals surface area (Å²) in [6.45, 7) is 7.77. The molecule has 0 fully saturated rings. The number of aryl methyl sites for hydroxylation is 1. The Morgan fingerprint density at radius 2 is 2.35 bits per heavy atom. The number of aromatic nitrogens is 2. The first-order chi connectivity index (χ1) is 8.13. The van der Waals surface area contributed by atoms with E-state index in [0.29, 0.717) is 23.5 Å². The zero-order valence-electron chi connectivity index (χ0n) is 10.4. The Morgan fingerprint density at radius 3 is 3.00 bits per heavy atom. The molecule has 1 unspecified atom stereocenters. The highest BCUT2D eigenvalue weighted by Gasteiger charge is 2.20. The highest BCUT2D eigenvalue weighted by molar-refractivity contribution is 8.14. The van der Waals surface area contributed by atoms with Gasteiger partial charge in [-0.1, -0.05) is 30.8 Å². The first-order valence-electron chi connectivity index (χ1n) is 5.87. The van der Waals surface area contributed by atoms with Gasteiger partial charge in [0.05, 0.1) is 13.1 Å². The fourth-order valence-electron chi connectivity index (χ4n) is 1.73. The first-order valence-corrected chi connectivity index (χ1v) is 6.75. The number of thioether (sulfide) groups is 1. The summed E-state index contributed by atoms with van der Waals surface area (Å²) >= 11 is 1.82. The third-order valence-electron chi connectivity index (χ3n) is 2.42. The van der Waals surface area contributed by atoms with Crippen LogP contribution < -0.4 is 5.32 Å². The Hall–Kier alpha value is -1.04. The van der Waals surface area contributed by atoms with Crippen LogP contribution in [0.2, 0.25) is 0 Å². The van der Waals surface area contributed by atoms with E-state index in [4.69, 9.17) is 4.52 Å². The standard InChI is InChI=1S/C11H18N4OS/c1-7(2)4-9-5-12-11(17-9)13-6-10-14-8(3)16-15-10/h7,9H,4-6H2,1-3H3,(H,12,13). The molecule has 1 aliphatic rings. The van der Waals surface area contributed by atoms with Crippen molar-refractivity contribution in [3.63, 3.8) is 0 Å². The molecule has 1 aliphatic heterocycles. The van der Waals surface area contributed by atoms with Crippen LogP contribution in [0.25, 0.3) is 0 Å². The van der Waals surface area contributed by atoms with Crippen molar-refractivity contribution in [2.45, 2.75) is 39.0 Å². The Morgan fingerprint density at radius 1 is 1.53 bits per heavy atom. The van der Waals surface area contributed by atoms with Gasteiger partial charge >= 0.3 is 0 Å². The van der Waals surface area contributed by atoms with Crippen LogP contribution in [0.4, 0.5) is 0 Å². The van der Waals surface area contributed by atoms with Gasteiger partial charge in [-0.25, -0.2) is 0 Å². The summed E-state index contributed by atoms with van der Waals surface area (Å²) in [6.07, 6.45) is 1.21. The van der Waals surface area contributed by atoms with Crippen molar-refractivity contribution in [2.75, 3.05) is 6.54 Å². The van der Waals surface area contributed by atoms with Crippen LogP contribution >= 0.6 is 11.8 Å². The van der Waals surface area contributed by atoms with E-state index in [9.17, 15) is 0 Å². The lowest BCUT2D eigenvalue weighted by Crippen LogP contribution is -2.19. The summed E-state index contributed by atoms with van der Waals surface area (Å²) in [6, 6.07) is 0. The maximum absolute atomic E-state index is 4.91. The molecule has 17 heavy (non-hydrogen) atoms. The smallest absolute Gasteiger partial charge is 0.223 e. The minimum atomic E-state index is 0.581. The van der Waals surface area contributed by atoms with Crippen LogP contribution in [0.1, 0.15) is 32.0 Å². The molecule has 5 nitrogen and oxygen atoms in total. The lowest BCUT2D eigenvalue weighted by molar-refractivity contribution is 0.387. The van der Waals surface area contributed by atoms with E-state index in [1.165, 1.54) is 6.42 Å². The number of rotatable bonds is 4. The minimum absolute atomic E-state index is 0.581. The molecule has 94 valence electrons. The molecular weight excluding hydrogens is 236 g/mol. The molecule has 1 aromatic rings. The molecule has 1 N–H and O–H groups in total. The van der Waals surface area contributed by atoms with Crippen molar-refractivity contribution in [2.24, 2.45) is 10.9 Å². The molecule has 0 spiro atoms. The zero-order chi connectivity index (χ0) is 12.3. The number of amidine groups is 1. The monoisotopic (exact) mass is 254 g/mol. The van der Waals surface area contributed by atoms with E-state index in [1.807, 2.05) is 11.8 Å². The molecule has 2 rings (SSSR count). The summed E-state index contributed by atoms with van der Waals surface area (Å²) in [5, 5.41) is 8.69. The highest BCUT2D eigenvalue weighted by Crippen LogP contribution is 2.25. The van der Waals surface area contributed by atoms with E-state index in [-0.39, 0.29) is 0 Å². The Kier molecular flexibility index (Phi) is 4.04. The average Bonchev–Trinajstić information content (AvgIpc) is 2.84. The van der Waals surface area contributed by atoms with Gasteiger partial charge in [0.1, 0.15) is 0 Å². The van der Waals surface area contributed by atoms with E-state index in [2.05, 4.69) is 34.3 Å². The molecule has 6 heteroatoms. The Balaban J connectivity index is 1.74. The number of nitrogens with zero attached hydrogens (tertiary/aromatic N) is 3. The van der Waals surface area contributed by atoms with Crippen LogP contribution in [0, 0.1) is 12.8 Å². The fourth-order valence-corrected chi connectivity index (χ4v) is 2.98. The van der Waals surface area contributed by atoms with Crippen molar-refractivity contribution < 1.29 is 4.52 Å². The van der Waals surface area contributed by atoms with Crippen molar-refractivity contribution in [3.05, 3.63) is 11.7 Å². The SMILES string of the molecule is Cc1nc(CNC2=NCC(CC(C)C)S2)no1. The predicted octanol–water partition coefficient (Wildman–Crippen LogP) is 1.99. The van der Waals surface area contributed by atoms with E-state index in [1.54, 1.807) is 6.92 Å². The molecule has 0 radical (unpaired) electrons. The van der Waals surface area contributed by atoms with Gasteiger partial charge in [0, 0.05) is 12.2 Å². The second kappa shape index (κ2) is 5.53. The van der Waals surface area contributed by atoms with Gasteiger partial charge in [-0.3, -0.25) is 4.99 Å². The van der Waals surface area contributed by atoms with Crippen LogP contribution in [-0.4, -0.2) is 27.1 Å². The Labute approximate surface area is 105 Å². The van der Waals surface area contributed by atoms with Crippen molar-refractivity contribution in [3.8, 4) is 0 Å². The lowest BCUT2D eigenvalue weighted by Gasteiger charge is -2.10. The summed E-state index contributed by atoms with van der Waals surface area (Å²) in [5.74, 6) is 2.00. The predicted molar refractivity (Wildman–Crippen MR) is 69.0 cm³/mol. The molecule has 0 saturated heterocycles. The van der Waals surface area contributed by atoms with E-state index >= 15 is 0 Å². The Bertz CT molecular complexity index is 402. The zero-order valence-corrected chi connectivity index (χ0v) is 11.3. The number of nitrogens with one attached hydrogen (secondary N) is 1. The van der Waals surface area contributed by atoms with Crippen molar-refractivity contribution in [1.82, 2.24) is 15.5 Å². The second-order valence-corrected chi connectivity index (χ2v) is 5.89. The van der Waals surface area contributed by atoms with Gasteiger partial charge < -0.3 is 9.84 Å². The summed E-state index contributed by atoms with van der Waals surface area (Å²) in [5.41, 5.74) is 0. The van der Waals surface area contributed by atoms with Gasteiger partial charge in [-0.2, -0.15) is 4.98 Å². The summed E-state index contributed by atoms with van der Waals surface area (Å²) in [7, 11) is 0. The van der Waals surface area contributed by atoms with Crippen LogP contribution in [0.3, 0.4) is 0 Å². The van der Waals surface area contributed by atoms with Crippen LogP contribution in [0.15, 0.2) is 9.52 Å². The molecule has 0 amide bonds. The van der Waals surface area contributed by atoms with Gasteiger partial charge in [0.2, 0.25) is 5.89 Å². The molecule has 0 saturated carbocycles. The summed E-state index contributed by atoms with van der Waals surface area (Å²) in [4.78, 5) is 8.61. The number of aliphatic imine (C=N–C) groups is 1. The number of hydrogen-bond donors (Lipinski definition) is 1. The lowest BCUT2D eigenvalue weighted by atomic mass is 10.1. The minimum Gasteiger partial charge on any atom is -0.357 e. The molecule has 0 aliphatic carbocycles. The van der Waals surface area contributed by atoms with Crippen LogP contribution in [-0.2, 0) is 6.54 Å². The van der Waals surface area contributed by atoms with Crippen molar-refractivity contribution >= 4 is 16.9 Å². The quantitative estimate of drug-likeness (QED) is 0.890. The van der Waals surface area contributed by atoms with E-state index in [0.717, 1.165) is 17.6 Å². The number of hydrogen-bond acceptors (Lipinski definition) is 6. The van der Waals surface area contributed by atoms with E-state index < -0.39 is 0 Å². The average molecular weight is 254 g/mol. The maximum Gasteiger partial charge on any atom is 0.223 e. The van der Waals surface area contributed by atoms with Gasteiger partial charge in [0.25, 0.3) is 0 Å². The first kappa shape index (κ1) is 12.4. The molecule has 1 aromatic heterocycles. The summed E-state index contributed by atoms with van der Waals surface area (Å²) < 4.78 is 4.91. The van der Waals surface area contributed by atoms with Gasteiger partial charge in [-0.05, 0) is 12.3 Å². The molecule has 0 bridgehead atoms. The third-order valence-corrected chi connectivity index (χ3v) is 3.59. The van der Waals surface area contributed by atoms with Gasteiger partial charge in [0.15, 0.2) is 11.0 Å². The third kappa shape index (κ3) is 3.73. The van der Waals surface area contributed by atoms with Crippen molar-refractivity contribution in [1.29, 1.82) is 0 Å². The molecular formula is C11H18N4OS. The molecule has 2 heterocycles. The maximum atomic E-state index is 4.91. The molecule has 0 aromatic carbocycles. The highest BCUT2D eigenvalue weighted by atomic mass is 32.2. The van der Waals surface area contributed by atoms with Gasteiger partial charge in [-0.15, -0.1) is 0 Å². The fraction of sp³-hybridized carbons (Fsp3) is 0.727. The molecule has 1 atom stereocenters. The normalized spacial score (nSPS) is 19.8. The topological polar surface area (TPSA) is 63.3 Å².